The van der Waals surface area contributed by atoms with Crippen molar-refractivity contribution in [1.29, 1.82) is 0 Å². The zero-order valence-corrected chi connectivity index (χ0v) is 10.9. The van der Waals surface area contributed by atoms with Gasteiger partial charge >= 0.3 is 0 Å². The van der Waals surface area contributed by atoms with Crippen molar-refractivity contribution in [2.75, 3.05) is 6.61 Å². The quantitative estimate of drug-likeness (QED) is 0.235. The predicted octanol–water partition coefficient (Wildman–Crippen LogP) is -2.77. The summed E-state index contributed by atoms with van der Waals surface area (Å²) in [6, 6.07) is 2.91. The van der Waals surface area contributed by atoms with E-state index in [4.69, 9.17) is 10.2 Å². The first kappa shape index (κ1) is 17.1. The molecule has 9 nitrogen and oxygen atoms in total. The maximum Gasteiger partial charge on any atom is 0.271 e. The Morgan fingerprint density at radius 1 is 1.24 bits per heavy atom. The van der Waals surface area contributed by atoms with E-state index in [0.29, 0.717) is 5.56 Å². The number of pyridine rings is 1. The maximum absolute atomic E-state index is 11.6. The number of aliphatic hydroxyl groups is 5. The third kappa shape index (κ3) is 5.17. The Hall–Kier alpha value is -1.91. The predicted molar refractivity (Wildman–Crippen MR) is 71.3 cm³/mol. The Labute approximate surface area is 120 Å². The second-order valence-electron chi connectivity index (χ2n) is 4.18. The van der Waals surface area contributed by atoms with Crippen LogP contribution in [0.15, 0.2) is 29.6 Å². The molecule has 1 aromatic heterocycles. The van der Waals surface area contributed by atoms with Gasteiger partial charge in [-0.15, -0.1) is 0 Å². The topological polar surface area (TPSA) is 156 Å². The van der Waals surface area contributed by atoms with E-state index < -0.39 is 36.9 Å². The van der Waals surface area contributed by atoms with Crippen LogP contribution in [0.4, 0.5) is 0 Å². The van der Waals surface area contributed by atoms with Crippen molar-refractivity contribution in [2.45, 2.75) is 24.4 Å². The molecular formula is C12H17N3O6. The minimum atomic E-state index is -1.77. The molecule has 0 bridgehead atoms. The second-order valence-corrected chi connectivity index (χ2v) is 4.18. The number of nitrogens with one attached hydrogen (secondary N) is 1. The van der Waals surface area contributed by atoms with Crippen LogP contribution >= 0.6 is 0 Å². The lowest BCUT2D eigenvalue weighted by molar-refractivity contribution is -0.0999. The number of rotatable bonds is 7. The molecule has 0 saturated heterocycles. The van der Waals surface area contributed by atoms with Gasteiger partial charge in [0.2, 0.25) is 0 Å². The molecule has 6 N–H and O–H groups in total. The highest BCUT2D eigenvalue weighted by molar-refractivity contribution is 5.94. The lowest BCUT2D eigenvalue weighted by atomic mass is 10.0. The highest BCUT2D eigenvalue weighted by Gasteiger charge is 2.29. The number of carbonyl (C=O) groups is 1. The van der Waals surface area contributed by atoms with E-state index >= 15 is 0 Å². The minimum absolute atomic E-state index is 0.299. The van der Waals surface area contributed by atoms with Crippen LogP contribution in [-0.4, -0.2) is 73.7 Å². The van der Waals surface area contributed by atoms with Gasteiger partial charge in [0.1, 0.15) is 24.4 Å². The lowest BCUT2D eigenvalue weighted by Crippen LogP contribution is -2.46. The van der Waals surface area contributed by atoms with E-state index in [1.165, 1.54) is 24.5 Å². The highest BCUT2D eigenvalue weighted by Crippen LogP contribution is 2.03. The maximum atomic E-state index is 11.6. The first-order chi connectivity index (χ1) is 9.97. The van der Waals surface area contributed by atoms with Gasteiger partial charge < -0.3 is 25.5 Å². The smallest absolute Gasteiger partial charge is 0.271 e. The summed E-state index contributed by atoms with van der Waals surface area (Å²) in [5, 5.41) is 49.5. The van der Waals surface area contributed by atoms with Gasteiger partial charge in [-0.05, 0) is 12.1 Å². The van der Waals surface area contributed by atoms with Crippen LogP contribution in [0.5, 0.6) is 0 Å². The highest BCUT2D eigenvalue weighted by atomic mass is 16.4. The fourth-order valence-corrected chi connectivity index (χ4v) is 1.37. The van der Waals surface area contributed by atoms with Crippen molar-refractivity contribution in [3.05, 3.63) is 30.1 Å². The SMILES string of the molecule is O=C(N/N=C\[C@@H](O)[C@@H](O)[C@@H](O)[C@@H](O)CO)c1ccncc1. The number of hydrogen-bond acceptors (Lipinski definition) is 8. The fourth-order valence-electron chi connectivity index (χ4n) is 1.37. The van der Waals surface area contributed by atoms with Crippen LogP contribution in [0.1, 0.15) is 10.4 Å². The van der Waals surface area contributed by atoms with Gasteiger partial charge in [0.25, 0.3) is 5.91 Å². The summed E-state index contributed by atoms with van der Waals surface area (Å²) in [5.74, 6) is -0.550. The average Bonchev–Trinajstić information content (AvgIpc) is 2.53. The minimum Gasteiger partial charge on any atom is -0.394 e. The summed E-state index contributed by atoms with van der Waals surface area (Å²) in [7, 11) is 0. The normalized spacial score (nSPS) is 17.2. The molecule has 0 aliphatic carbocycles. The Morgan fingerprint density at radius 3 is 2.43 bits per heavy atom. The fraction of sp³-hybridized carbons (Fsp3) is 0.417. The molecule has 0 fully saturated rings. The third-order valence-corrected chi connectivity index (χ3v) is 2.62. The molecule has 1 amide bonds. The van der Waals surface area contributed by atoms with Gasteiger partial charge in [-0.25, -0.2) is 5.43 Å². The van der Waals surface area contributed by atoms with Gasteiger partial charge in [0.05, 0.1) is 12.8 Å². The van der Waals surface area contributed by atoms with Gasteiger partial charge in [-0.3, -0.25) is 9.78 Å². The van der Waals surface area contributed by atoms with Crippen molar-refractivity contribution >= 4 is 12.1 Å². The van der Waals surface area contributed by atoms with Crippen LogP contribution in [0.3, 0.4) is 0 Å². The number of aromatic nitrogens is 1. The van der Waals surface area contributed by atoms with E-state index in [-0.39, 0.29) is 0 Å². The van der Waals surface area contributed by atoms with E-state index in [9.17, 15) is 20.1 Å². The molecule has 1 rings (SSSR count). The van der Waals surface area contributed by atoms with Gasteiger partial charge in [0, 0.05) is 18.0 Å². The van der Waals surface area contributed by atoms with Gasteiger partial charge in [0.15, 0.2) is 0 Å². The first-order valence-corrected chi connectivity index (χ1v) is 6.04. The van der Waals surface area contributed by atoms with Crippen LogP contribution in [0.2, 0.25) is 0 Å². The number of hydrogen-bond donors (Lipinski definition) is 6. The molecule has 116 valence electrons. The molecule has 1 heterocycles. The number of amides is 1. The Bertz CT molecular complexity index is 469. The zero-order valence-electron chi connectivity index (χ0n) is 10.9. The third-order valence-electron chi connectivity index (χ3n) is 2.62. The number of aliphatic hydroxyl groups excluding tert-OH is 5. The monoisotopic (exact) mass is 299 g/mol. The molecule has 0 radical (unpaired) electrons. The molecule has 0 unspecified atom stereocenters. The largest absolute Gasteiger partial charge is 0.394 e. The summed E-state index contributed by atoms with van der Waals surface area (Å²) < 4.78 is 0. The van der Waals surface area contributed by atoms with Crippen molar-refractivity contribution in [1.82, 2.24) is 10.4 Å². The van der Waals surface area contributed by atoms with Crippen LogP contribution in [0, 0.1) is 0 Å². The van der Waals surface area contributed by atoms with E-state index in [1.807, 2.05) is 0 Å². The molecule has 4 atom stereocenters. The molecule has 0 aromatic carbocycles. The summed E-state index contributed by atoms with van der Waals surface area (Å²) in [6.07, 6.45) is -3.14. The second kappa shape index (κ2) is 8.39. The summed E-state index contributed by atoms with van der Waals surface area (Å²) in [6.45, 7) is -0.777. The molecule has 1 aromatic rings. The van der Waals surface area contributed by atoms with Crippen molar-refractivity contribution in [3.63, 3.8) is 0 Å². The standard InChI is InChI=1S/C12H17N3O6/c16-6-9(18)11(20)10(19)8(17)5-14-15-12(21)7-1-3-13-4-2-7/h1-5,8-11,16-20H,6H2,(H,15,21)/b14-5-/t8-,9+,10-,11+/m1/s1. The number of carbonyl (C=O) groups excluding carboxylic acids is 1. The van der Waals surface area contributed by atoms with Crippen molar-refractivity contribution in [2.24, 2.45) is 5.10 Å². The molecule has 0 aliphatic heterocycles. The van der Waals surface area contributed by atoms with Crippen LogP contribution < -0.4 is 5.43 Å². The Morgan fingerprint density at radius 2 is 1.86 bits per heavy atom. The summed E-state index contributed by atoms with van der Waals surface area (Å²) >= 11 is 0. The Balaban J connectivity index is 2.51. The van der Waals surface area contributed by atoms with E-state index in [2.05, 4.69) is 15.5 Å². The van der Waals surface area contributed by atoms with Gasteiger partial charge in [-0.2, -0.15) is 5.10 Å². The summed E-state index contributed by atoms with van der Waals surface area (Å²) in [5.41, 5.74) is 2.40. The first-order valence-electron chi connectivity index (χ1n) is 6.04. The number of hydrazone groups is 1. The molecule has 0 aliphatic rings. The van der Waals surface area contributed by atoms with Crippen LogP contribution in [-0.2, 0) is 0 Å². The lowest BCUT2D eigenvalue weighted by Gasteiger charge is -2.23. The molecule has 0 spiro atoms. The Kier molecular flexibility index (Phi) is 6.85. The average molecular weight is 299 g/mol. The molecule has 21 heavy (non-hydrogen) atoms. The molecule has 0 saturated carbocycles. The molecule has 9 heteroatoms. The van der Waals surface area contributed by atoms with Crippen molar-refractivity contribution < 1.29 is 30.3 Å². The molecular weight excluding hydrogens is 282 g/mol. The zero-order chi connectivity index (χ0) is 15.8. The van der Waals surface area contributed by atoms with E-state index in [0.717, 1.165) is 6.21 Å². The number of nitrogens with zero attached hydrogens (tertiary/aromatic N) is 2. The van der Waals surface area contributed by atoms with E-state index in [1.54, 1.807) is 0 Å². The van der Waals surface area contributed by atoms with Gasteiger partial charge in [-0.1, -0.05) is 0 Å². The van der Waals surface area contributed by atoms with Crippen molar-refractivity contribution in [3.8, 4) is 0 Å². The summed E-state index contributed by atoms with van der Waals surface area (Å²) in [4.78, 5) is 15.3. The van der Waals surface area contributed by atoms with Crippen LogP contribution in [0.25, 0.3) is 0 Å².